The Morgan fingerprint density at radius 2 is 2.67 bits per heavy atom. The monoisotopic (exact) mass is 183 g/mol. The summed E-state index contributed by atoms with van der Waals surface area (Å²) in [4.78, 5) is 15.9. The largest absolute Gasteiger partial charge is 0.375 e. The molecular formula is C7H9N3OS. The standard InChI is InChI=1S/C7H9N3OS/c8-7-10-3-5(12-7)1-4-2-9-6(4)11/h3-4H,1-2H2,(H2,8,10)(H,9,11). The van der Waals surface area contributed by atoms with Crippen molar-refractivity contribution in [2.45, 2.75) is 6.42 Å². The van der Waals surface area contributed by atoms with Crippen LogP contribution in [0.1, 0.15) is 4.88 Å². The van der Waals surface area contributed by atoms with Crippen molar-refractivity contribution in [2.24, 2.45) is 5.92 Å². The van der Waals surface area contributed by atoms with Crippen molar-refractivity contribution in [3.63, 3.8) is 0 Å². The van der Waals surface area contributed by atoms with Crippen LogP contribution in [0.4, 0.5) is 5.13 Å². The molecule has 3 N–H and O–H groups in total. The second-order valence-corrected chi connectivity index (χ2v) is 3.96. The fourth-order valence-corrected chi connectivity index (χ4v) is 1.92. The minimum absolute atomic E-state index is 0.141. The van der Waals surface area contributed by atoms with Crippen LogP contribution in [-0.2, 0) is 11.2 Å². The number of nitrogen functional groups attached to an aromatic ring is 1. The summed E-state index contributed by atoms with van der Waals surface area (Å²) in [7, 11) is 0. The number of carbonyl (C=O) groups excluding carboxylic acids is 1. The van der Waals surface area contributed by atoms with Gasteiger partial charge in [0, 0.05) is 17.6 Å². The molecule has 1 saturated heterocycles. The van der Waals surface area contributed by atoms with Crippen molar-refractivity contribution >= 4 is 22.4 Å². The van der Waals surface area contributed by atoms with E-state index in [-0.39, 0.29) is 11.8 Å². The van der Waals surface area contributed by atoms with Gasteiger partial charge >= 0.3 is 0 Å². The van der Waals surface area contributed by atoms with Crippen LogP contribution < -0.4 is 11.1 Å². The SMILES string of the molecule is Nc1ncc(CC2CNC2=O)s1. The van der Waals surface area contributed by atoms with Crippen molar-refractivity contribution < 1.29 is 4.79 Å². The van der Waals surface area contributed by atoms with E-state index in [4.69, 9.17) is 5.73 Å². The molecule has 1 aliphatic heterocycles. The number of β-lactam (4-membered cyclic amide) rings is 1. The van der Waals surface area contributed by atoms with E-state index in [0.717, 1.165) is 17.8 Å². The molecule has 2 heterocycles. The van der Waals surface area contributed by atoms with E-state index in [9.17, 15) is 4.79 Å². The van der Waals surface area contributed by atoms with Gasteiger partial charge in [0.2, 0.25) is 5.91 Å². The molecule has 12 heavy (non-hydrogen) atoms. The Bertz CT molecular complexity index is 309. The molecule has 1 aromatic heterocycles. The summed E-state index contributed by atoms with van der Waals surface area (Å²) in [6.45, 7) is 0.788. The van der Waals surface area contributed by atoms with Gasteiger partial charge < -0.3 is 11.1 Å². The van der Waals surface area contributed by atoms with Gasteiger partial charge in [-0.2, -0.15) is 0 Å². The lowest BCUT2D eigenvalue weighted by Gasteiger charge is -2.24. The third-order valence-corrected chi connectivity index (χ3v) is 2.76. The number of rotatable bonds is 2. The van der Waals surface area contributed by atoms with Crippen LogP contribution in [0.15, 0.2) is 6.20 Å². The number of thiazole rings is 1. The van der Waals surface area contributed by atoms with Crippen LogP contribution in [0.25, 0.3) is 0 Å². The molecule has 0 aromatic carbocycles. The fraction of sp³-hybridized carbons (Fsp3) is 0.429. The van der Waals surface area contributed by atoms with Crippen molar-refractivity contribution in [1.29, 1.82) is 0 Å². The molecule has 0 radical (unpaired) electrons. The lowest BCUT2D eigenvalue weighted by atomic mass is 9.98. The van der Waals surface area contributed by atoms with Gasteiger partial charge in [-0.05, 0) is 6.42 Å². The molecule has 5 heteroatoms. The van der Waals surface area contributed by atoms with Gasteiger partial charge in [0.15, 0.2) is 5.13 Å². The number of nitrogens with one attached hydrogen (secondary N) is 1. The first-order valence-corrected chi connectivity index (χ1v) is 4.55. The maximum atomic E-state index is 10.9. The Kier molecular flexibility index (Phi) is 1.73. The van der Waals surface area contributed by atoms with Gasteiger partial charge in [0.1, 0.15) is 0 Å². The molecule has 1 unspecified atom stereocenters. The minimum Gasteiger partial charge on any atom is -0.375 e. The highest BCUT2D eigenvalue weighted by atomic mass is 32.1. The van der Waals surface area contributed by atoms with Crippen LogP contribution in [0, 0.1) is 5.92 Å². The average molecular weight is 183 g/mol. The van der Waals surface area contributed by atoms with Gasteiger partial charge in [-0.25, -0.2) is 4.98 Å². The molecule has 0 aliphatic carbocycles. The Morgan fingerprint density at radius 1 is 1.83 bits per heavy atom. The first-order chi connectivity index (χ1) is 5.75. The zero-order valence-electron chi connectivity index (χ0n) is 6.41. The first-order valence-electron chi connectivity index (χ1n) is 3.73. The molecule has 1 amide bonds. The van der Waals surface area contributed by atoms with E-state index >= 15 is 0 Å². The summed E-state index contributed by atoms with van der Waals surface area (Å²) in [5.74, 6) is 0.284. The number of nitrogens with two attached hydrogens (primary N) is 1. The van der Waals surface area contributed by atoms with E-state index in [2.05, 4.69) is 10.3 Å². The Morgan fingerprint density at radius 3 is 3.08 bits per heavy atom. The molecule has 1 aromatic rings. The third kappa shape index (κ3) is 1.27. The molecule has 0 saturated carbocycles. The van der Waals surface area contributed by atoms with Crippen LogP contribution in [0.2, 0.25) is 0 Å². The molecule has 4 nitrogen and oxygen atoms in total. The Balaban J connectivity index is 1.99. The van der Waals surface area contributed by atoms with Crippen LogP contribution in [0.3, 0.4) is 0 Å². The quantitative estimate of drug-likeness (QED) is 0.635. The van der Waals surface area contributed by atoms with E-state index in [1.165, 1.54) is 11.3 Å². The maximum Gasteiger partial charge on any atom is 0.225 e. The smallest absolute Gasteiger partial charge is 0.225 e. The predicted molar refractivity (Wildman–Crippen MR) is 46.7 cm³/mol. The summed E-state index contributed by atoms with van der Waals surface area (Å²) >= 11 is 1.45. The average Bonchev–Trinajstić information content (AvgIpc) is 2.44. The summed E-state index contributed by atoms with van der Waals surface area (Å²) in [5, 5.41) is 3.27. The number of carbonyl (C=O) groups is 1. The van der Waals surface area contributed by atoms with Crippen LogP contribution in [-0.4, -0.2) is 17.4 Å². The lowest BCUT2D eigenvalue weighted by Crippen LogP contribution is -2.49. The minimum atomic E-state index is 0.141. The van der Waals surface area contributed by atoms with Gasteiger partial charge in [-0.1, -0.05) is 0 Å². The van der Waals surface area contributed by atoms with Gasteiger partial charge in [-0.3, -0.25) is 4.79 Å². The molecule has 2 rings (SSSR count). The van der Waals surface area contributed by atoms with Crippen molar-refractivity contribution in [3.8, 4) is 0 Å². The molecule has 1 fully saturated rings. The van der Waals surface area contributed by atoms with Crippen molar-refractivity contribution in [2.75, 3.05) is 12.3 Å². The van der Waals surface area contributed by atoms with Crippen LogP contribution in [0.5, 0.6) is 0 Å². The molecule has 0 bridgehead atoms. The second-order valence-electron chi connectivity index (χ2n) is 2.81. The molecule has 1 aliphatic rings. The van der Waals surface area contributed by atoms with Crippen molar-refractivity contribution in [1.82, 2.24) is 10.3 Å². The van der Waals surface area contributed by atoms with Crippen molar-refractivity contribution in [3.05, 3.63) is 11.1 Å². The first kappa shape index (κ1) is 7.54. The molecule has 0 spiro atoms. The number of anilines is 1. The fourth-order valence-electron chi connectivity index (χ4n) is 1.15. The summed E-state index contributed by atoms with van der Waals surface area (Å²) in [6.07, 6.45) is 2.52. The number of nitrogens with zero attached hydrogens (tertiary/aromatic N) is 1. The Labute approximate surface area is 73.8 Å². The van der Waals surface area contributed by atoms with E-state index in [0.29, 0.717) is 5.13 Å². The van der Waals surface area contributed by atoms with E-state index in [1.807, 2.05) is 0 Å². The predicted octanol–water partition coefficient (Wildman–Crippen LogP) is 0.0138. The number of amides is 1. The molecule has 1 atom stereocenters. The Hall–Kier alpha value is -1.10. The normalized spacial score (nSPS) is 21.7. The highest BCUT2D eigenvalue weighted by molar-refractivity contribution is 7.15. The lowest BCUT2D eigenvalue weighted by molar-refractivity contribution is -0.130. The summed E-state index contributed by atoms with van der Waals surface area (Å²) in [5.41, 5.74) is 5.46. The molecular weight excluding hydrogens is 174 g/mol. The van der Waals surface area contributed by atoms with E-state index in [1.54, 1.807) is 6.20 Å². The second kappa shape index (κ2) is 2.75. The summed E-state index contributed by atoms with van der Waals surface area (Å²) < 4.78 is 0. The summed E-state index contributed by atoms with van der Waals surface area (Å²) in [6, 6.07) is 0. The van der Waals surface area contributed by atoms with Crippen LogP contribution >= 0.6 is 11.3 Å². The zero-order chi connectivity index (χ0) is 8.55. The highest BCUT2D eigenvalue weighted by Gasteiger charge is 2.27. The number of aromatic nitrogens is 1. The topological polar surface area (TPSA) is 68.0 Å². The van der Waals surface area contributed by atoms with Gasteiger partial charge in [0.05, 0.1) is 5.92 Å². The number of hydrogen-bond donors (Lipinski definition) is 2. The zero-order valence-corrected chi connectivity index (χ0v) is 7.23. The maximum absolute atomic E-state index is 10.9. The van der Waals surface area contributed by atoms with E-state index < -0.39 is 0 Å². The molecule has 64 valence electrons. The highest BCUT2D eigenvalue weighted by Crippen LogP contribution is 2.20. The van der Waals surface area contributed by atoms with Gasteiger partial charge in [-0.15, -0.1) is 11.3 Å². The number of hydrogen-bond acceptors (Lipinski definition) is 4. The third-order valence-electron chi connectivity index (χ3n) is 1.91. The van der Waals surface area contributed by atoms with Gasteiger partial charge in [0.25, 0.3) is 0 Å².